The van der Waals surface area contributed by atoms with Crippen LogP contribution in [0.4, 0.5) is 0 Å². The highest BCUT2D eigenvalue weighted by atomic mass is 16.5. The van der Waals surface area contributed by atoms with E-state index >= 15 is 0 Å². The van der Waals surface area contributed by atoms with Crippen molar-refractivity contribution in [1.29, 1.82) is 0 Å². The van der Waals surface area contributed by atoms with Crippen LogP contribution in [0.2, 0.25) is 0 Å². The van der Waals surface area contributed by atoms with Crippen LogP contribution in [0.3, 0.4) is 0 Å². The van der Waals surface area contributed by atoms with Gasteiger partial charge in [0.25, 0.3) is 0 Å². The number of ether oxygens (including phenoxy) is 3. The van der Waals surface area contributed by atoms with Crippen LogP contribution in [0.15, 0.2) is 0 Å². The van der Waals surface area contributed by atoms with E-state index in [-0.39, 0.29) is 6.10 Å². The minimum Gasteiger partial charge on any atom is -0.385 e. The minimum absolute atomic E-state index is 0.134. The maximum atomic E-state index is 5.67. The minimum atomic E-state index is 0.134. The summed E-state index contributed by atoms with van der Waals surface area (Å²) in [4.78, 5) is 0. The molecule has 1 N–H and O–H groups in total. The molecule has 0 aliphatic carbocycles. The lowest BCUT2D eigenvalue weighted by Crippen LogP contribution is -2.36. The zero-order chi connectivity index (χ0) is 11.5. The molecule has 0 radical (unpaired) electrons. The van der Waals surface area contributed by atoms with Gasteiger partial charge in [-0.15, -0.1) is 0 Å². The van der Waals surface area contributed by atoms with E-state index in [2.05, 4.69) is 19.2 Å². The quantitative estimate of drug-likeness (QED) is 0.558. The Labute approximate surface area is 93.3 Å². The molecule has 0 spiro atoms. The third-order valence-corrected chi connectivity index (χ3v) is 1.95. The summed E-state index contributed by atoms with van der Waals surface area (Å²) in [6.07, 6.45) is 1.06. The molecule has 0 saturated heterocycles. The topological polar surface area (TPSA) is 39.7 Å². The van der Waals surface area contributed by atoms with Crippen LogP contribution in [0.1, 0.15) is 20.3 Å². The third kappa shape index (κ3) is 10.1. The molecule has 0 heterocycles. The van der Waals surface area contributed by atoms with E-state index in [4.69, 9.17) is 14.2 Å². The Morgan fingerprint density at radius 1 is 1.07 bits per heavy atom. The summed E-state index contributed by atoms with van der Waals surface area (Å²) >= 11 is 0. The largest absolute Gasteiger partial charge is 0.385 e. The van der Waals surface area contributed by atoms with Crippen LogP contribution in [0.25, 0.3) is 0 Å². The van der Waals surface area contributed by atoms with Gasteiger partial charge in [0.15, 0.2) is 0 Å². The summed E-state index contributed by atoms with van der Waals surface area (Å²) in [6, 6.07) is 0.479. The van der Waals surface area contributed by atoms with Crippen molar-refractivity contribution in [2.24, 2.45) is 0 Å². The molecule has 0 aromatic rings. The van der Waals surface area contributed by atoms with Crippen LogP contribution in [-0.4, -0.2) is 52.7 Å². The summed E-state index contributed by atoms with van der Waals surface area (Å²) < 4.78 is 15.7. The third-order valence-electron chi connectivity index (χ3n) is 1.95. The van der Waals surface area contributed by atoms with Crippen molar-refractivity contribution in [2.45, 2.75) is 32.4 Å². The lowest BCUT2D eigenvalue weighted by Gasteiger charge is -2.19. The maximum Gasteiger partial charge on any atom is 0.0932 e. The van der Waals surface area contributed by atoms with Crippen LogP contribution >= 0.6 is 0 Å². The number of hydrogen-bond donors (Lipinski definition) is 1. The van der Waals surface area contributed by atoms with Gasteiger partial charge in [0, 0.05) is 40.0 Å². The van der Waals surface area contributed by atoms with Gasteiger partial charge in [-0.25, -0.2) is 0 Å². The highest BCUT2D eigenvalue weighted by molar-refractivity contribution is 4.63. The molecule has 15 heavy (non-hydrogen) atoms. The van der Waals surface area contributed by atoms with E-state index in [0.717, 1.165) is 26.2 Å². The first kappa shape index (κ1) is 14.8. The Morgan fingerprint density at radius 3 is 2.33 bits per heavy atom. The predicted molar refractivity (Wildman–Crippen MR) is 61.2 cm³/mol. The smallest absolute Gasteiger partial charge is 0.0932 e. The number of methoxy groups -OCH3 is 2. The average molecular weight is 219 g/mol. The molecule has 0 bridgehead atoms. The zero-order valence-corrected chi connectivity index (χ0v) is 10.4. The molecular formula is C11H25NO3. The molecule has 4 nitrogen and oxygen atoms in total. The first-order chi connectivity index (χ1) is 7.20. The Kier molecular flexibility index (Phi) is 10.3. The van der Waals surface area contributed by atoms with Gasteiger partial charge in [-0.3, -0.25) is 0 Å². The van der Waals surface area contributed by atoms with Crippen LogP contribution in [0.5, 0.6) is 0 Å². The summed E-state index contributed by atoms with van der Waals surface area (Å²) in [5.41, 5.74) is 0. The Morgan fingerprint density at radius 2 is 1.80 bits per heavy atom. The van der Waals surface area contributed by atoms with E-state index in [1.807, 2.05) is 0 Å². The molecule has 0 amide bonds. The van der Waals surface area contributed by atoms with E-state index in [9.17, 15) is 0 Å². The maximum absolute atomic E-state index is 5.67. The summed E-state index contributed by atoms with van der Waals surface area (Å²) in [5, 5.41) is 3.34. The predicted octanol–water partition coefficient (Wildman–Crippen LogP) is 1.05. The number of nitrogens with one attached hydrogen (secondary N) is 1. The van der Waals surface area contributed by atoms with Crippen LogP contribution in [-0.2, 0) is 14.2 Å². The van der Waals surface area contributed by atoms with E-state index in [0.29, 0.717) is 12.6 Å². The van der Waals surface area contributed by atoms with Crippen LogP contribution < -0.4 is 5.32 Å². The fourth-order valence-electron chi connectivity index (χ4n) is 1.17. The standard InChI is InChI=1S/C11H25NO3/c1-10(2)12-8-11(9-14-4)15-7-5-6-13-3/h10-12H,5-9H2,1-4H3. The molecular weight excluding hydrogens is 194 g/mol. The number of rotatable bonds is 10. The fraction of sp³-hybridized carbons (Fsp3) is 1.00. The second-order valence-corrected chi connectivity index (χ2v) is 3.86. The fourth-order valence-corrected chi connectivity index (χ4v) is 1.17. The molecule has 92 valence electrons. The van der Waals surface area contributed by atoms with Gasteiger partial charge in [-0.05, 0) is 6.42 Å². The zero-order valence-electron chi connectivity index (χ0n) is 10.4. The lowest BCUT2D eigenvalue weighted by molar-refractivity contribution is -0.00819. The average Bonchev–Trinajstić information content (AvgIpc) is 2.20. The van der Waals surface area contributed by atoms with Gasteiger partial charge in [-0.1, -0.05) is 13.8 Å². The van der Waals surface area contributed by atoms with Crippen molar-refractivity contribution in [1.82, 2.24) is 5.32 Å². The van der Waals surface area contributed by atoms with Crippen molar-refractivity contribution >= 4 is 0 Å². The summed E-state index contributed by atoms with van der Waals surface area (Å²) in [5.74, 6) is 0. The second-order valence-electron chi connectivity index (χ2n) is 3.86. The molecule has 0 aliphatic rings. The van der Waals surface area contributed by atoms with Crippen molar-refractivity contribution in [2.75, 3.05) is 40.6 Å². The Balaban J connectivity index is 3.53. The highest BCUT2D eigenvalue weighted by Gasteiger charge is 2.08. The van der Waals surface area contributed by atoms with E-state index in [1.165, 1.54) is 0 Å². The molecule has 4 heteroatoms. The SMILES string of the molecule is COCCCOC(CNC(C)C)COC. The monoisotopic (exact) mass is 219 g/mol. The van der Waals surface area contributed by atoms with Crippen molar-refractivity contribution in [3.05, 3.63) is 0 Å². The molecule has 0 aromatic heterocycles. The van der Waals surface area contributed by atoms with Gasteiger partial charge in [-0.2, -0.15) is 0 Å². The van der Waals surface area contributed by atoms with E-state index < -0.39 is 0 Å². The second kappa shape index (κ2) is 10.4. The molecule has 0 saturated carbocycles. The van der Waals surface area contributed by atoms with Gasteiger partial charge < -0.3 is 19.5 Å². The lowest BCUT2D eigenvalue weighted by atomic mass is 10.3. The first-order valence-corrected chi connectivity index (χ1v) is 5.53. The molecule has 0 aliphatic heterocycles. The van der Waals surface area contributed by atoms with E-state index in [1.54, 1.807) is 14.2 Å². The molecule has 0 rings (SSSR count). The van der Waals surface area contributed by atoms with Crippen molar-refractivity contribution in [3.8, 4) is 0 Å². The highest BCUT2D eigenvalue weighted by Crippen LogP contribution is 1.95. The molecule has 1 atom stereocenters. The van der Waals surface area contributed by atoms with Crippen molar-refractivity contribution in [3.63, 3.8) is 0 Å². The van der Waals surface area contributed by atoms with Gasteiger partial charge in [0.05, 0.1) is 12.7 Å². The summed E-state index contributed by atoms with van der Waals surface area (Å²) in [6.45, 7) is 7.17. The van der Waals surface area contributed by atoms with Crippen molar-refractivity contribution < 1.29 is 14.2 Å². The Bertz CT molecular complexity index is 131. The van der Waals surface area contributed by atoms with Gasteiger partial charge in [0.1, 0.15) is 0 Å². The van der Waals surface area contributed by atoms with Gasteiger partial charge >= 0.3 is 0 Å². The first-order valence-electron chi connectivity index (χ1n) is 5.53. The normalized spacial score (nSPS) is 13.4. The van der Waals surface area contributed by atoms with Gasteiger partial charge in [0.2, 0.25) is 0 Å². The number of hydrogen-bond acceptors (Lipinski definition) is 4. The van der Waals surface area contributed by atoms with Crippen LogP contribution in [0, 0.1) is 0 Å². The molecule has 0 aromatic carbocycles. The summed E-state index contributed by atoms with van der Waals surface area (Å²) in [7, 11) is 3.40. The Hall–Kier alpha value is -0.160. The molecule has 0 fully saturated rings. The molecule has 1 unspecified atom stereocenters.